The third-order valence-electron chi connectivity index (χ3n) is 7.17. The van der Waals surface area contributed by atoms with E-state index in [9.17, 15) is 15.0 Å². The summed E-state index contributed by atoms with van der Waals surface area (Å²) in [5, 5.41) is 29.4. The molecule has 3 rings (SSSR count). The maximum Gasteiger partial charge on any atom is 0.157 e. The van der Waals surface area contributed by atoms with Gasteiger partial charge in [0.05, 0.1) is 5.56 Å². The Balaban J connectivity index is 1.74. The molecule has 1 aliphatic carbocycles. The van der Waals surface area contributed by atoms with E-state index in [-0.39, 0.29) is 29.3 Å². The average molecular weight is 446 g/mol. The van der Waals surface area contributed by atoms with Crippen LogP contribution in [0.15, 0.2) is 12.1 Å². The summed E-state index contributed by atoms with van der Waals surface area (Å²) in [6.07, 6.45) is 3.41. The van der Waals surface area contributed by atoms with Gasteiger partial charge in [0.15, 0.2) is 6.29 Å². The molecule has 1 heterocycles. The molecule has 1 unspecified atom stereocenters. The number of likely N-dealkylation sites (N-methyl/N-ethyl adjacent to an activating group) is 1. The Morgan fingerprint density at radius 1 is 1.16 bits per heavy atom. The summed E-state index contributed by atoms with van der Waals surface area (Å²) in [7, 11) is 0. The normalized spacial score (nSPS) is 23.8. The van der Waals surface area contributed by atoms with Crippen LogP contribution < -0.4 is 5.73 Å². The van der Waals surface area contributed by atoms with Gasteiger partial charge in [-0.15, -0.1) is 0 Å². The molecule has 1 atom stereocenters. The lowest BCUT2D eigenvalue weighted by molar-refractivity contribution is -0.111. The van der Waals surface area contributed by atoms with Crippen molar-refractivity contribution in [2.24, 2.45) is 5.73 Å². The van der Waals surface area contributed by atoms with E-state index in [4.69, 9.17) is 11.1 Å². The van der Waals surface area contributed by atoms with Crippen LogP contribution in [0.25, 0.3) is 0 Å². The van der Waals surface area contributed by atoms with Crippen LogP contribution >= 0.6 is 0 Å². The first kappa shape index (κ1) is 24.5. The van der Waals surface area contributed by atoms with E-state index in [1.807, 2.05) is 13.8 Å². The fourth-order valence-electron chi connectivity index (χ4n) is 5.17. The monoisotopic (exact) mass is 445 g/mol. The molecule has 8 heteroatoms. The van der Waals surface area contributed by atoms with E-state index in [2.05, 4.69) is 16.7 Å². The fourth-order valence-corrected chi connectivity index (χ4v) is 5.17. The first-order chi connectivity index (χ1) is 15.3. The number of phenols is 2. The largest absolute Gasteiger partial charge is 0.508 e. The van der Waals surface area contributed by atoms with E-state index in [1.165, 1.54) is 6.07 Å². The number of aldehydes is 1. The summed E-state index contributed by atoms with van der Waals surface area (Å²) in [5.41, 5.74) is 7.09. The van der Waals surface area contributed by atoms with Crippen molar-refractivity contribution >= 4 is 12.1 Å². The summed E-state index contributed by atoms with van der Waals surface area (Å²) in [6, 6.07) is 3.41. The number of carbonyl (C=O) groups excluding carboxylic acids is 1. The number of nitrogens with two attached hydrogens (primary N) is 1. The molecule has 1 aliphatic heterocycles. The van der Waals surface area contributed by atoms with Gasteiger partial charge in [0, 0.05) is 44.3 Å². The van der Waals surface area contributed by atoms with Crippen molar-refractivity contribution < 1.29 is 15.0 Å². The number of benzene rings is 1. The SMILES string of the molecule is CCN1CCN(C2CCC(N(C(=N)c3cc(C(C)C)c(O)cc3O)C(N)C=O)CC2)CC1. The summed E-state index contributed by atoms with van der Waals surface area (Å²) >= 11 is 0. The number of phenolic OH excluding ortho intramolecular Hbond substituents is 2. The molecule has 0 radical (unpaired) electrons. The van der Waals surface area contributed by atoms with Crippen molar-refractivity contribution in [2.45, 2.75) is 70.6 Å². The summed E-state index contributed by atoms with van der Waals surface area (Å²) in [5.74, 6) is -0.116. The van der Waals surface area contributed by atoms with E-state index in [0.29, 0.717) is 23.5 Å². The number of carbonyl (C=O) groups is 1. The zero-order chi connectivity index (χ0) is 23.4. The van der Waals surface area contributed by atoms with Gasteiger partial charge in [0.2, 0.25) is 0 Å². The lowest BCUT2D eigenvalue weighted by Crippen LogP contribution is -2.56. The summed E-state index contributed by atoms with van der Waals surface area (Å²) in [4.78, 5) is 18.3. The summed E-state index contributed by atoms with van der Waals surface area (Å²) < 4.78 is 0. The van der Waals surface area contributed by atoms with E-state index < -0.39 is 6.17 Å². The quantitative estimate of drug-likeness (QED) is 0.220. The highest BCUT2D eigenvalue weighted by Crippen LogP contribution is 2.35. The van der Waals surface area contributed by atoms with Crippen LogP contribution in [0.1, 0.15) is 63.5 Å². The van der Waals surface area contributed by atoms with E-state index in [0.717, 1.165) is 58.4 Å². The molecule has 1 aromatic carbocycles. The number of rotatable bonds is 7. The molecule has 8 nitrogen and oxygen atoms in total. The van der Waals surface area contributed by atoms with Gasteiger partial charge in [0.1, 0.15) is 23.5 Å². The maximum atomic E-state index is 11.6. The Kier molecular flexibility index (Phi) is 8.14. The van der Waals surface area contributed by atoms with Crippen molar-refractivity contribution in [3.63, 3.8) is 0 Å². The van der Waals surface area contributed by atoms with Crippen LogP contribution in [0.4, 0.5) is 0 Å². The van der Waals surface area contributed by atoms with Crippen LogP contribution in [-0.2, 0) is 4.79 Å². The number of nitrogens with one attached hydrogen (secondary N) is 1. The Hall–Kier alpha value is -2.16. The third kappa shape index (κ3) is 5.24. The molecule has 5 N–H and O–H groups in total. The molecule has 2 fully saturated rings. The molecule has 0 aromatic heterocycles. The molecule has 178 valence electrons. The van der Waals surface area contributed by atoms with Gasteiger partial charge in [-0.25, -0.2) is 0 Å². The number of amidine groups is 1. The molecular formula is C24H39N5O3. The predicted octanol–water partition coefficient (Wildman–Crippen LogP) is 2.28. The van der Waals surface area contributed by atoms with Gasteiger partial charge in [-0.2, -0.15) is 0 Å². The Morgan fingerprint density at radius 3 is 2.31 bits per heavy atom. The molecule has 1 aromatic rings. The van der Waals surface area contributed by atoms with Crippen molar-refractivity contribution in [1.82, 2.24) is 14.7 Å². The number of hydrogen-bond acceptors (Lipinski definition) is 7. The number of piperazine rings is 1. The number of hydrogen-bond donors (Lipinski definition) is 4. The van der Waals surface area contributed by atoms with Gasteiger partial charge in [-0.05, 0) is 49.8 Å². The molecule has 0 amide bonds. The third-order valence-corrected chi connectivity index (χ3v) is 7.17. The highest BCUT2D eigenvalue weighted by molar-refractivity contribution is 6.00. The predicted molar refractivity (Wildman–Crippen MR) is 126 cm³/mol. The van der Waals surface area contributed by atoms with Gasteiger partial charge < -0.3 is 25.7 Å². The Labute approximate surface area is 191 Å². The summed E-state index contributed by atoms with van der Waals surface area (Å²) in [6.45, 7) is 11.6. The Morgan fingerprint density at radius 2 is 1.78 bits per heavy atom. The molecule has 0 bridgehead atoms. The molecule has 2 aliphatic rings. The first-order valence-electron chi connectivity index (χ1n) is 11.9. The van der Waals surface area contributed by atoms with Crippen molar-refractivity contribution in [1.29, 1.82) is 5.41 Å². The second kappa shape index (κ2) is 10.6. The highest BCUT2D eigenvalue weighted by Gasteiger charge is 2.34. The maximum absolute atomic E-state index is 11.6. The highest BCUT2D eigenvalue weighted by atomic mass is 16.3. The van der Waals surface area contributed by atoms with Crippen LogP contribution in [0.5, 0.6) is 11.5 Å². The molecule has 32 heavy (non-hydrogen) atoms. The zero-order valence-electron chi connectivity index (χ0n) is 19.6. The van der Waals surface area contributed by atoms with E-state index in [1.54, 1.807) is 11.0 Å². The zero-order valence-corrected chi connectivity index (χ0v) is 19.6. The Bertz CT molecular complexity index is 799. The number of aromatic hydroxyl groups is 2. The molecule has 1 saturated heterocycles. The van der Waals surface area contributed by atoms with Crippen molar-refractivity contribution in [3.05, 3.63) is 23.3 Å². The topological polar surface area (TPSA) is 117 Å². The second-order valence-electron chi connectivity index (χ2n) is 9.40. The smallest absolute Gasteiger partial charge is 0.157 e. The minimum absolute atomic E-state index is 0.00367. The van der Waals surface area contributed by atoms with Gasteiger partial charge in [-0.3, -0.25) is 15.1 Å². The molecule has 0 spiro atoms. The van der Waals surface area contributed by atoms with Gasteiger partial charge in [0.25, 0.3) is 0 Å². The van der Waals surface area contributed by atoms with E-state index >= 15 is 0 Å². The van der Waals surface area contributed by atoms with Crippen molar-refractivity contribution in [3.8, 4) is 11.5 Å². The number of nitrogens with zero attached hydrogens (tertiary/aromatic N) is 3. The standard InChI is InChI=1S/C24H39N5O3/c1-4-27-9-11-28(12-10-27)17-5-7-18(8-6-17)29(23(25)15-30)24(26)20-13-19(16(2)3)21(31)14-22(20)32/h13-18,23,26,31-32H,4-12,25H2,1-3H3. The minimum Gasteiger partial charge on any atom is -0.508 e. The lowest BCUT2D eigenvalue weighted by atomic mass is 9.88. The average Bonchev–Trinajstić information content (AvgIpc) is 2.79. The van der Waals surface area contributed by atoms with Crippen LogP contribution in [-0.4, -0.2) is 88.0 Å². The lowest BCUT2D eigenvalue weighted by Gasteiger charge is -2.45. The molecule has 1 saturated carbocycles. The van der Waals surface area contributed by atoms with Gasteiger partial charge in [-0.1, -0.05) is 20.8 Å². The minimum atomic E-state index is -0.951. The van der Waals surface area contributed by atoms with Crippen LogP contribution in [0.3, 0.4) is 0 Å². The van der Waals surface area contributed by atoms with Crippen LogP contribution in [0.2, 0.25) is 0 Å². The second-order valence-corrected chi connectivity index (χ2v) is 9.40. The van der Waals surface area contributed by atoms with Crippen molar-refractivity contribution in [2.75, 3.05) is 32.7 Å². The first-order valence-corrected chi connectivity index (χ1v) is 11.9. The fraction of sp³-hybridized carbons (Fsp3) is 0.667. The molecular weight excluding hydrogens is 406 g/mol. The van der Waals surface area contributed by atoms with Gasteiger partial charge >= 0.3 is 0 Å². The van der Waals surface area contributed by atoms with Crippen LogP contribution in [0, 0.1) is 5.41 Å².